The molecule has 1 aliphatic heterocycles. The normalized spacial score (nSPS) is 19.0. The molecular formula is C20H14BrClN4O3S. The van der Waals surface area contributed by atoms with Gasteiger partial charge in [0.05, 0.1) is 33.2 Å². The minimum Gasteiger partial charge on any atom is -0.384 e. The predicted molar refractivity (Wildman–Crippen MR) is 118 cm³/mol. The minimum absolute atomic E-state index is 0.0512. The second-order valence-electron chi connectivity index (χ2n) is 6.85. The van der Waals surface area contributed by atoms with Crippen LogP contribution in [0, 0.1) is 21.4 Å². The summed E-state index contributed by atoms with van der Waals surface area (Å²) in [5.74, 6) is -0.631. The van der Waals surface area contributed by atoms with E-state index in [0.29, 0.717) is 46.1 Å². The Bertz CT molecular complexity index is 1200. The van der Waals surface area contributed by atoms with Crippen molar-refractivity contribution < 1.29 is 9.72 Å². The Kier molecular flexibility index (Phi) is 5.40. The third kappa shape index (κ3) is 3.31. The number of anilines is 1. The maximum absolute atomic E-state index is 13.0. The van der Waals surface area contributed by atoms with Crippen molar-refractivity contribution in [2.24, 2.45) is 5.73 Å². The molecule has 0 unspecified atom stereocenters. The molecule has 7 nitrogen and oxygen atoms in total. The van der Waals surface area contributed by atoms with Crippen LogP contribution in [0.1, 0.15) is 30.1 Å². The number of carbonyl (C=O) groups is 1. The Balaban J connectivity index is 1.96. The van der Waals surface area contributed by atoms with Gasteiger partial charge in [0, 0.05) is 33.1 Å². The number of hydrogen-bond acceptors (Lipinski definition) is 7. The van der Waals surface area contributed by atoms with Gasteiger partial charge in [-0.05, 0) is 37.1 Å². The number of hydrogen-bond donors (Lipinski definition) is 1. The van der Waals surface area contributed by atoms with Crippen molar-refractivity contribution in [3.63, 3.8) is 0 Å². The van der Waals surface area contributed by atoms with E-state index in [4.69, 9.17) is 17.3 Å². The van der Waals surface area contributed by atoms with Crippen LogP contribution < -0.4 is 10.6 Å². The third-order valence-electron chi connectivity index (χ3n) is 5.14. The number of nitrogens with two attached hydrogens (primary N) is 1. The fourth-order valence-corrected chi connectivity index (χ4v) is 5.60. The number of nitrogens with zero attached hydrogens (tertiary/aromatic N) is 3. The van der Waals surface area contributed by atoms with Crippen molar-refractivity contribution in [1.82, 2.24) is 0 Å². The van der Waals surface area contributed by atoms with E-state index in [0.717, 1.165) is 15.8 Å². The molecule has 1 aliphatic carbocycles. The topological polar surface area (TPSA) is 113 Å². The van der Waals surface area contributed by atoms with Crippen LogP contribution in [0.15, 0.2) is 57.5 Å². The molecule has 1 aromatic carbocycles. The van der Waals surface area contributed by atoms with E-state index in [9.17, 15) is 20.2 Å². The van der Waals surface area contributed by atoms with Crippen molar-refractivity contribution in [3.05, 3.63) is 77.5 Å². The highest BCUT2D eigenvalue weighted by molar-refractivity contribution is 9.10. The van der Waals surface area contributed by atoms with Crippen molar-refractivity contribution in [3.8, 4) is 6.07 Å². The lowest BCUT2D eigenvalue weighted by Gasteiger charge is -2.39. The summed E-state index contributed by atoms with van der Waals surface area (Å²) < 4.78 is 0.786. The van der Waals surface area contributed by atoms with Crippen molar-refractivity contribution in [2.45, 2.75) is 25.2 Å². The number of thiophene rings is 1. The largest absolute Gasteiger partial charge is 0.384 e. The van der Waals surface area contributed by atoms with Crippen LogP contribution in [-0.4, -0.2) is 10.7 Å². The molecule has 0 saturated carbocycles. The Morgan fingerprint density at radius 1 is 1.33 bits per heavy atom. The molecule has 2 aromatic rings. The summed E-state index contributed by atoms with van der Waals surface area (Å²) in [5.41, 5.74) is 8.36. The Morgan fingerprint density at radius 2 is 2.10 bits per heavy atom. The van der Waals surface area contributed by atoms with Gasteiger partial charge >= 0.3 is 5.00 Å². The monoisotopic (exact) mass is 504 g/mol. The number of allylic oxidation sites excluding steroid dienone is 3. The first-order valence-electron chi connectivity index (χ1n) is 8.98. The van der Waals surface area contributed by atoms with Crippen LogP contribution in [0.25, 0.3) is 0 Å². The molecule has 0 spiro atoms. The van der Waals surface area contributed by atoms with Crippen molar-refractivity contribution >= 4 is 55.3 Å². The molecule has 10 heteroatoms. The number of nitro groups is 1. The summed E-state index contributed by atoms with van der Waals surface area (Å²) >= 11 is 10.8. The van der Waals surface area contributed by atoms with E-state index >= 15 is 0 Å². The molecule has 2 aliphatic rings. The summed E-state index contributed by atoms with van der Waals surface area (Å²) in [6.45, 7) is 0. The maximum atomic E-state index is 13.0. The smallest absolute Gasteiger partial charge is 0.324 e. The Labute approximate surface area is 189 Å². The molecule has 2 N–H and O–H groups in total. The van der Waals surface area contributed by atoms with Gasteiger partial charge in [0.15, 0.2) is 5.78 Å². The molecule has 152 valence electrons. The number of nitriles is 1. The second-order valence-corrected chi connectivity index (χ2v) is 9.26. The van der Waals surface area contributed by atoms with Gasteiger partial charge in [0.2, 0.25) is 0 Å². The third-order valence-corrected chi connectivity index (χ3v) is 7.04. The molecule has 1 atom stereocenters. The van der Waals surface area contributed by atoms with Crippen LogP contribution in [0.4, 0.5) is 10.7 Å². The van der Waals surface area contributed by atoms with Gasteiger partial charge < -0.3 is 5.73 Å². The van der Waals surface area contributed by atoms with E-state index in [1.807, 2.05) is 0 Å². The van der Waals surface area contributed by atoms with Crippen LogP contribution in [0.3, 0.4) is 0 Å². The zero-order valence-electron chi connectivity index (χ0n) is 15.4. The van der Waals surface area contributed by atoms with E-state index < -0.39 is 10.8 Å². The molecular weight excluding hydrogens is 492 g/mol. The lowest BCUT2D eigenvalue weighted by molar-refractivity contribution is -0.380. The highest BCUT2D eigenvalue weighted by Gasteiger charge is 2.41. The Morgan fingerprint density at radius 3 is 2.73 bits per heavy atom. The lowest BCUT2D eigenvalue weighted by atomic mass is 9.78. The maximum Gasteiger partial charge on any atom is 0.324 e. The van der Waals surface area contributed by atoms with Gasteiger partial charge in [-0.1, -0.05) is 38.9 Å². The molecule has 1 aromatic heterocycles. The van der Waals surface area contributed by atoms with Crippen molar-refractivity contribution in [1.29, 1.82) is 5.26 Å². The zero-order valence-corrected chi connectivity index (χ0v) is 18.6. The number of ketones is 1. The van der Waals surface area contributed by atoms with Crippen LogP contribution >= 0.6 is 38.9 Å². The quantitative estimate of drug-likeness (QED) is 0.443. The average molecular weight is 506 g/mol. The number of carbonyl (C=O) groups excluding carboxylic acids is 1. The summed E-state index contributed by atoms with van der Waals surface area (Å²) in [6.07, 6.45) is 1.58. The zero-order chi connectivity index (χ0) is 21.6. The Hall–Kier alpha value is -2.67. The molecule has 0 saturated heterocycles. The molecule has 30 heavy (non-hydrogen) atoms. The average Bonchev–Trinajstić information content (AvgIpc) is 3.18. The molecule has 0 bridgehead atoms. The van der Waals surface area contributed by atoms with Gasteiger partial charge in [-0.15, -0.1) is 0 Å². The first-order valence-corrected chi connectivity index (χ1v) is 11.0. The number of rotatable bonds is 3. The number of halogens is 2. The number of benzene rings is 1. The van der Waals surface area contributed by atoms with Gasteiger partial charge in [-0.2, -0.15) is 5.26 Å². The molecule has 0 radical (unpaired) electrons. The highest BCUT2D eigenvalue weighted by atomic mass is 79.9. The fraction of sp³-hybridized carbons (Fsp3) is 0.200. The van der Waals surface area contributed by atoms with E-state index in [1.54, 1.807) is 29.2 Å². The van der Waals surface area contributed by atoms with E-state index in [2.05, 4.69) is 22.0 Å². The SMILES string of the molecule is N#CC1=C(N)N(c2ccc(Br)cc2Cl)C2=C(C(=O)CCC2)[C@H]1c1ccc([N+](=O)[O-])s1. The highest BCUT2D eigenvalue weighted by Crippen LogP contribution is 2.49. The molecule has 0 fully saturated rings. The van der Waals surface area contributed by atoms with Crippen LogP contribution in [-0.2, 0) is 4.79 Å². The van der Waals surface area contributed by atoms with Crippen LogP contribution in [0.5, 0.6) is 0 Å². The van der Waals surface area contributed by atoms with E-state index in [1.165, 1.54) is 6.07 Å². The molecule has 2 heterocycles. The van der Waals surface area contributed by atoms with Gasteiger partial charge in [0.25, 0.3) is 0 Å². The summed E-state index contributed by atoms with van der Waals surface area (Å²) in [6, 6.07) is 10.4. The first kappa shape index (κ1) is 20.6. The summed E-state index contributed by atoms with van der Waals surface area (Å²) in [4.78, 5) is 25.9. The molecule has 4 rings (SSSR count). The predicted octanol–water partition coefficient (Wildman–Crippen LogP) is 5.38. The van der Waals surface area contributed by atoms with E-state index in [-0.39, 0.29) is 22.2 Å². The standard InChI is InChI=1S/C20H14BrClN4O3S/c21-10-4-5-13(12(22)8-10)25-14-2-1-3-15(27)19(14)18(11(9-23)20(25)24)16-6-7-17(30-16)26(28)29/h4-8,18H,1-3,24H2/t18-/m1/s1. The molecule has 0 amide bonds. The lowest BCUT2D eigenvalue weighted by Crippen LogP contribution is -2.38. The minimum atomic E-state index is -0.720. The second kappa shape index (κ2) is 7.87. The van der Waals surface area contributed by atoms with Gasteiger partial charge in [-0.3, -0.25) is 19.8 Å². The van der Waals surface area contributed by atoms with Crippen LogP contribution in [0.2, 0.25) is 5.02 Å². The first-order chi connectivity index (χ1) is 14.3. The number of Topliss-reactive ketones (excluding diaryl/α,β-unsaturated/α-hetero) is 1. The summed E-state index contributed by atoms with van der Waals surface area (Å²) in [7, 11) is 0. The van der Waals surface area contributed by atoms with Gasteiger partial charge in [0.1, 0.15) is 5.82 Å². The van der Waals surface area contributed by atoms with Crippen molar-refractivity contribution in [2.75, 3.05) is 4.90 Å². The van der Waals surface area contributed by atoms with Gasteiger partial charge in [-0.25, -0.2) is 0 Å². The fourth-order valence-electron chi connectivity index (χ4n) is 3.90. The summed E-state index contributed by atoms with van der Waals surface area (Å²) in [5, 5.41) is 21.5.